The van der Waals surface area contributed by atoms with Gasteiger partial charge in [0.1, 0.15) is 0 Å². The van der Waals surface area contributed by atoms with E-state index in [0.29, 0.717) is 6.42 Å². The van der Waals surface area contributed by atoms with Crippen LogP contribution < -0.4 is 0 Å². The van der Waals surface area contributed by atoms with Gasteiger partial charge in [-0.1, -0.05) is 0 Å². The Balaban J connectivity index is 1.93. The van der Waals surface area contributed by atoms with Gasteiger partial charge in [-0.15, -0.1) is 11.3 Å². The van der Waals surface area contributed by atoms with Crippen LogP contribution in [-0.2, 0) is 13.0 Å². The van der Waals surface area contributed by atoms with E-state index < -0.39 is 0 Å². The molecule has 2 nitrogen and oxygen atoms in total. The Morgan fingerprint density at radius 1 is 1.62 bits per heavy atom. The third-order valence-corrected chi connectivity index (χ3v) is 3.23. The van der Waals surface area contributed by atoms with E-state index in [-0.39, 0.29) is 6.67 Å². The first-order chi connectivity index (χ1) is 6.40. The Hall–Kier alpha value is -0.480. The van der Waals surface area contributed by atoms with Gasteiger partial charge in [-0.05, 0) is 6.42 Å². The summed E-state index contributed by atoms with van der Waals surface area (Å²) in [6, 6.07) is 0. The minimum absolute atomic E-state index is 0.202. The van der Waals surface area contributed by atoms with Crippen molar-refractivity contribution in [1.82, 2.24) is 9.88 Å². The van der Waals surface area contributed by atoms with Crippen molar-refractivity contribution in [2.24, 2.45) is 0 Å². The van der Waals surface area contributed by atoms with E-state index in [9.17, 15) is 4.39 Å². The summed E-state index contributed by atoms with van der Waals surface area (Å²) < 4.78 is 11.9. The predicted molar refractivity (Wildman–Crippen MR) is 51.7 cm³/mol. The average molecular weight is 200 g/mol. The van der Waals surface area contributed by atoms with Gasteiger partial charge in [-0.3, -0.25) is 9.29 Å². The van der Waals surface area contributed by atoms with Crippen LogP contribution in [0.2, 0.25) is 0 Å². The van der Waals surface area contributed by atoms with Crippen molar-refractivity contribution in [2.75, 3.05) is 19.8 Å². The number of hydrogen-bond acceptors (Lipinski definition) is 3. The van der Waals surface area contributed by atoms with Gasteiger partial charge in [0, 0.05) is 30.9 Å². The SMILES string of the molecule is FCCCN1CCc2ncsc2C1. The summed E-state index contributed by atoms with van der Waals surface area (Å²) in [6.45, 7) is 2.69. The minimum atomic E-state index is -0.202. The molecule has 0 aromatic carbocycles. The van der Waals surface area contributed by atoms with Crippen LogP contribution in [0, 0.1) is 0 Å². The van der Waals surface area contributed by atoms with E-state index in [1.807, 2.05) is 5.51 Å². The Labute approximate surface area is 81.4 Å². The number of rotatable bonds is 3. The number of fused-ring (bicyclic) bond motifs is 1. The van der Waals surface area contributed by atoms with Gasteiger partial charge in [0.05, 0.1) is 17.9 Å². The first-order valence-corrected chi connectivity index (χ1v) is 5.47. The molecule has 0 N–H and O–H groups in total. The maximum Gasteiger partial charge on any atom is 0.0906 e. The fourth-order valence-electron chi connectivity index (χ4n) is 1.65. The first-order valence-electron chi connectivity index (χ1n) is 4.59. The van der Waals surface area contributed by atoms with Crippen LogP contribution in [0.4, 0.5) is 4.39 Å². The summed E-state index contributed by atoms with van der Waals surface area (Å²) in [4.78, 5) is 7.96. The van der Waals surface area contributed by atoms with E-state index in [4.69, 9.17) is 0 Å². The average Bonchev–Trinajstić information content (AvgIpc) is 2.61. The highest BCUT2D eigenvalue weighted by molar-refractivity contribution is 7.09. The van der Waals surface area contributed by atoms with Crippen molar-refractivity contribution >= 4 is 11.3 Å². The van der Waals surface area contributed by atoms with Crippen LogP contribution >= 0.6 is 11.3 Å². The number of thiazole rings is 1. The highest BCUT2D eigenvalue weighted by Crippen LogP contribution is 2.21. The van der Waals surface area contributed by atoms with Crippen molar-refractivity contribution in [3.63, 3.8) is 0 Å². The van der Waals surface area contributed by atoms with Crippen LogP contribution in [0.15, 0.2) is 5.51 Å². The van der Waals surface area contributed by atoms with Crippen molar-refractivity contribution in [3.8, 4) is 0 Å². The lowest BCUT2D eigenvalue weighted by atomic mass is 10.2. The molecule has 0 fully saturated rings. The molecule has 0 bridgehead atoms. The fourth-order valence-corrected chi connectivity index (χ4v) is 2.50. The zero-order valence-corrected chi connectivity index (χ0v) is 8.32. The minimum Gasteiger partial charge on any atom is -0.298 e. The lowest BCUT2D eigenvalue weighted by Gasteiger charge is -2.25. The third-order valence-electron chi connectivity index (χ3n) is 2.37. The van der Waals surface area contributed by atoms with Gasteiger partial charge < -0.3 is 0 Å². The maximum atomic E-state index is 11.9. The molecule has 0 unspecified atom stereocenters. The topological polar surface area (TPSA) is 16.1 Å². The number of alkyl halides is 1. The predicted octanol–water partition coefficient (Wildman–Crippen LogP) is 1.86. The molecule has 2 heterocycles. The lowest BCUT2D eigenvalue weighted by molar-refractivity contribution is 0.242. The third kappa shape index (κ3) is 2.06. The van der Waals surface area contributed by atoms with Crippen LogP contribution in [0.3, 0.4) is 0 Å². The zero-order valence-electron chi connectivity index (χ0n) is 7.50. The standard InChI is InChI=1S/C9H13FN2S/c10-3-1-4-12-5-2-8-9(6-12)13-7-11-8/h7H,1-6H2. The van der Waals surface area contributed by atoms with Crippen LogP contribution in [-0.4, -0.2) is 29.6 Å². The summed E-state index contributed by atoms with van der Waals surface area (Å²) in [6.07, 6.45) is 1.69. The molecule has 1 aliphatic rings. The maximum absolute atomic E-state index is 11.9. The molecule has 1 aliphatic heterocycles. The number of aromatic nitrogens is 1. The monoisotopic (exact) mass is 200 g/mol. The van der Waals surface area contributed by atoms with Gasteiger partial charge in [-0.25, -0.2) is 4.98 Å². The quantitative estimate of drug-likeness (QED) is 0.740. The van der Waals surface area contributed by atoms with E-state index >= 15 is 0 Å². The van der Waals surface area contributed by atoms with E-state index in [1.54, 1.807) is 11.3 Å². The molecule has 0 spiro atoms. The lowest BCUT2D eigenvalue weighted by Crippen LogP contribution is -2.30. The van der Waals surface area contributed by atoms with Crippen molar-refractivity contribution in [2.45, 2.75) is 19.4 Å². The van der Waals surface area contributed by atoms with Gasteiger partial charge in [0.15, 0.2) is 0 Å². The second-order valence-corrected chi connectivity index (χ2v) is 4.23. The molecule has 1 aromatic heterocycles. The molecule has 4 heteroatoms. The second kappa shape index (κ2) is 4.15. The molecule has 0 atom stereocenters. The van der Waals surface area contributed by atoms with Gasteiger partial charge >= 0.3 is 0 Å². The second-order valence-electron chi connectivity index (χ2n) is 3.29. The summed E-state index contributed by atoms with van der Waals surface area (Å²) in [5.41, 5.74) is 3.16. The number of hydrogen-bond donors (Lipinski definition) is 0. The van der Waals surface area contributed by atoms with Gasteiger partial charge in [-0.2, -0.15) is 0 Å². The number of halogens is 1. The first kappa shape index (κ1) is 9.09. The molecule has 0 saturated carbocycles. The van der Waals surface area contributed by atoms with Gasteiger partial charge in [0.2, 0.25) is 0 Å². The summed E-state index contributed by atoms with van der Waals surface area (Å²) in [5, 5.41) is 0. The Morgan fingerprint density at radius 2 is 2.54 bits per heavy atom. The van der Waals surface area contributed by atoms with Crippen molar-refractivity contribution < 1.29 is 4.39 Å². The van der Waals surface area contributed by atoms with Gasteiger partial charge in [0.25, 0.3) is 0 Å². The smallest absolute Gasteiger partial charge is 0.0906 e. The Kier molecular flexibility index (Phi) is 2.90. The fraction of sp³-hybridized carbons (Fsp3) is 0.667. The molecule has 13 heavy (non-hydrogen) atoms. The Bertz CT molecular complexity index is 274. The summed E-state index contributed by atoms with van der Waals surface area (Å²) in [5.74, 6) is 0. The molecule has 72 valence electrons. The van der Waals surface area contributed by atoms with E-state index in [0.717, 1.165) is 26.1 Å². The summed E-state index contributed by atoms with van der Waals surface area (Å²) in [7, 11) is 0. The van der Waals surface area contributed by atoms with Crippen molar-refractivity contribution in [3.05, 3.63) is 16.1 Å². The molecular formula is C9H13FN2S. The largest absolute Gasteiger partial charge is 0.298 e. The molecule has 2 rings (SSSR count). The Morgan fingerprint density at radius 3 is 3.38 bits per heavy atom. The zero-order chi connectivity index (χ0) is 9.10. The van der Waals surface area contributed by atoms with E-state index in [1.165, 1.54) is 10.6 Å². The van der Waals surface area contributed by atoms with Crippen molar-refractivity contribution in [1.29, 1.82) is 0 Å². The van der Waals surface area contributed by atoms with Crippen LogP contribution in [0.1, 0.15) is 17.0 Å². The molecular weight excluding hydrogens is 187 g/mol. The molecule has 0 saturated heterocycles. The molecule has 0 amide bonds. The summed E-state index contributed by atoms with van der Waals surface area (Å²) >= 11 is 1.72. The van der Waals surface area contributed by atoms with E-state index in [2.05, 4.69) is 9.88 Å². The molecule has 0 aliphatic carbocycles. The normalized spacial score (nSPS) is 17.3. The number of nitrogens with zero attached hydrogens (tertiary/aromatic N) is 2. The highest BCUT2D eigenvalue weighted by Gasteiger charge is 2.17. The molecule has 1 aromatic rings. The molecule has 0 radical (unpaired) electrons. The van der Waals surface area contributed by atoms with Crippen LogP contribution in [0.5, 0.6) is 0 Å². The van der Waals surface area contributed by atoms with Crippen LogP contribution in [0.25, 0.3) is 0 Å². The highest BCUT2D eigenvalue weighted by atomic mass is 32.1.